The van der Waals surface area contributed by atoms with Gasteiger partial charge in [-0.3, -0.25) is 4.79 Å². The normalized spacial score (nSPS) is 20.0. The lowest BCUT2D eigenvalue weighted by molar-refractivity contribution is -0.160. The third-order valence-electron chi connectivity index (χ3n) is 6.17. The number of anilines is 3. The molecule has 1 fully saturated rings. The molecule has 0 bridgehead atoms. The highest BCUT2D eigenvalue weighted by molar-refractivity contribution is 6.31. The molecule has 9 heteroatoms. The summed E-state index contributed by atoms with van der Waals surface area (Å²) >= 11 is 6.16. The molecule has 2 aliphatic rings. The van der Waals surface area contributed by atoms with Crippen LogP contribution >= 0.6 is 11.6 Å². The first-order valence-corrected chi connectivity index (χ1v) is 12.2. The van der Waals surface area contributed by atoms with Crippen LogP contribution in [0.1, 0.15) is 46.1 Å². The summed E-state index contributed by atoms with van der Waals surface area (Å²) in [6.45, 7) is 8.68. The summed E-state index contributed by atoms with van der Waals surface area (Å²) in [5, 5.41) is 6.78. The lowest BCUT2D eigenvalue weighted by atomic mass is 9.94. The number of benzene rings is 2. The van der Waals surface area contributed by atoms with E-state index in [1.807, 2.05) is 0 Å². The molecule has 1 saturated heterocycles. The maximum absolute atomic E-state index is 15.4. The van der Waals surface area contributed by atoms with Crippen molar-refractivity contribution in [3.8, 4) is 0 Å². The zero-order valence-electron chi connectivity index (χ0n) is 20.4. The van der Waals surface area contributed by atoms with Crippen molar-refractivity contribution >= 4 is 40.6 Å². The second kappa shape index (κ2) is 9.57. The molecule has 2 heterocycles. The first-order valence-electron chi connectivity index (χ1n) is 11.8. The third kappa shape index (κ3) is 5.17. The van der Waals surface area contributed by atoms with Crippen LogP contribution in [0.15, 0.2) is 36.4 Å². The lowest BCUT2D eigenvalue weighted by Crippen LogP contribution is -2.50. The number of fused-ring (bicyclic) bond motifs is 1. The molecule has 2 aromatic carbocycles. The third-order valence-corrected chi connectivity index (χ3v) is 6.40. The van der Waals surface area contributed by atoms with E-state index in [1.54, 1.807) is 58.0 Å². The molecule has 7 nitrogen and oxygen atoms in total. The first kappa shape index (κ1) is 25.1. The minimum Gasteiger partial charge on any atom is -0.466 e. The summed E-state index contributed by atoms with van der Waals surface area (Å²) in [6.07, 6.45) is 1.28. The number of nitrogens with one attached hydrogen (secondary N) is 2. The number of piperidine rings is 1. The van der Waals surface area contributed by atoms with Gasteiger partial charge in [0, 0.05) is 29.4 Å². The van der Waals surface area contributed by atoms with E-state index in [1.165, 1.54) is 6.07 Å². The predicted octanol–water partition coefficient (Wildman–Crippen LogP) is 5.29. The Hall–Kier alpha value is -3.00. The first-order chi connectivity index (χ1) is 16.5. The summed E-state index contributed by atoms with van der Waals surface area (Å²) in [7, 11) is 0. The predicted molar refractivity (Wildman–Crippen MR) is 134 cm³/mol. The minimum absolute atomic E-state index is 0.115. The van der Waals surface area contributed by atoms with Crippen LogP contribution in [0, 0.1) is 11.7 Å². The number of carbonyl (C=O) groups is 2. The Labute approximate surface area is 209 Å². The topological polar surface area (TPSA) is 79.9 Å². The van der Waals surface area contributed by atoms with E-state index in [0.29, 0.717) is 48.9 Å². The van der Waals surface area contributed by atoms with Crippen molar-refractivity contribution in [1.29, 1.82) is 0 Å². The van der Waals surface area contributed by atoms with Crippen molar-refractivity contribution in [2.24, 2.45) is 5.92 Å². The summed E-state index contributed by atoms with van der Waals surface area (Å²) in [6, 6.07) is 9.81. The molecule has 2 N–H and O–H groups in total. The van der Waals surface area contributed by atoms with Gasteiger partial charge in [0.15, 0.2) is 0 Å². The Bertz CT molecular complexity index is 1130. The lowest BCUT2D eigenvalue weighted by Gasteiger charge is -2.35. The number of carbonyl (C=O) groups excluding carboxylic acids is 2. The van der Waals surface area contributed by atoms with Crippen LogP contribution in [0.4, 0.5) is 21.5 Å². The Morgan fingerprint density at radius 2 is 1.80 bits per heavy atom. The minimum atomic E-state index is -1.68. The number of hydrogen-bond acceptors (Lipinski definition) is 7. The fourth-order valence-corrected chi connectivity index (χ4v) is 4.67. The highest BCUT2D eigenvalue weighted by Crippen LogP contribution is 2.43. The molecule has 0 amide bonds. The van der Waals surface area contributed by atoms with Crippen molar-refractivity contribution in [2.45, 2.75) is 51.8 Å². The summed E-state index contributed by atoms with van der Waals surface area (Å²) in [5.74, 6) is -1.53. The molecule has 0 saturated carbocycles. The Morgan fingerprint density at radius 1 is 1.11 bits per heavy atom. The van der Waals surface area contributed by atoms with Crippen molar-refractivity contribution in [2.75, 3.05) is 35.2 Å². The van der Waals surface area contributed by atoms with Gasteiger partial charge >= 0.3 is 11.9 Å². The van der Waals surface area contributed by atoms with Gasteiger partial charge in [0.05, 0.1) is 23.9 Å². The molecule has 0 spiro atoms. The van der Waals surface area contributed by atoms with E-state index < -0.39 is 23.1 Å². The molecular formula is C26H31ClFN3O4. The molecule has 2 aromatic rings. The Morgan fingerprint density at radius 3 is 2.46 bits per heavy atom. The number of esters is 2. The van der Waals surface area contributed by atoms with Gasteiger partial charge in [0.2, 0.25) is 5.66 Å². The Balaban J connectivity index is 1.67. The van der Waals surface area contributed by atoms with Gasteiger partial charge in [-0.2, -0.15) is 0 Å². The van der Waals surface area contributed by atoms with Crippen LogP contribution in [-0.4, -0.2) is 37.2 Å². The Kier molecular flexibility index (Phi) is 6.86. The van der Waals surface area contributed by atoms with Gasteiger partial charge in [-0.1, -0.05) is 11.6 Å². The van der Waals surface area contributed by atoms with Gasteiger partial charge in [-0.05, 0) is 76.9 Å². The van der Waals surface area contributed by atoms with Crippen molar-refractivity contribution < 1.29 is 23.5 Å². The van der Waals surface area contributed by atoms with Crippen LogP contribution in [-0.2, 0) is 24.7 Å². The van der Waals surface area contributed by atoms with E-state index in [2.05, 4.69) is 15.5 Å². The average Bonchev–Trinajstić information content (AvgIpc) is 3.18. The molecule has 35 heavy (non-hydrogen) atoms. The van der Waals surface area contributed by atoms with E-state index in [9.17, 15) is 9.59 Å². The molecule has 188 valence electrons. The van der Waals surface area contributed by atoms with E-state index >= 15 is 4.39 Å². The zero-order valence-corrected chi connectivity index (χ0v) is 21.2. The summed E-state index contributed by atoms with van der Waals surface area (Å²) in [4.78, 5) is 27.7. The smallest absolute Gasteiger partial charge is 0.358 e. The summed E-state index contributed by atoms with van der Waals surface area (Å²) in [5.41, 5.74) is -0.413. The van der Waals surface area contributed by atoms with Crippen LogP contribution in [0.3, 0.4) is 0 Å². The number of nitrogens with zero attached hydrogens (tertiary/aromatic N) is 1. The molecule has 1 atom stereocenters. The standard InChI is InChI=1S/C26H31ClFN3O4/c1-5-34-23(32)16-10-12-31(13-11-16)18-7-8-20(28)19(15-18)26(24(33)35-25(2,3)4)29-21-9-6-17(27)14-22(21)30-26/h6-9,14-16,29-30H,5,10-13H2,1-4H3. The second-order valence-corrected chi connectivity index (χ2v) is 10.3. The maximum Gasteiger partial charge on any atom is 0.358 e. The molecular weight excluding hydrogens is 473 g/mol. The summed E-state index contributed by atoms with van der Waals surface area (Å²) < 4.78 is 26.3. The largest absolute Gasteiger partial charge is 0.466 e. The fourth-order valence-electron chi connectivity index (χ4n) is 4.50. The van der Waals surface area contributed by atoms with Crippen LogP contribution in [0.25, 0.3) is 0 Å². The van der Waals surface area contributed by atoms with Gasteiger partial charge in [-0.25, -0.2) is 9.18 Å². The van der Waals surface area contributed by atoms with Crippen LogP contribution in [0.2, 0.25) is 5.02 Å². The van der Waals surface area contributed by atoms with Crippen molar-refractivity contribution in [3.63, 3.8) is 0 Å². The van der Waals surface area contributed by atoms with Gasteiger partial charge < -0.3 is 25.0 Å². The van der Waals surface area contributed by atoms with Gasteiger partial charge in [-0.15, -0.1) is 0 Å². The van der Waals surface area contributed by atoms with Crippen molar-refractivity contribution in [1.82, 2.24) is 0 Å². The van der Waals surface area contributed by atoms with E-state index in [0.717, 1.165) is 5.69 Å². The van der Waals surface area contributed by atoms with E-state index in [4.69, 9.17) is 21.1 Å². The van der Waals surface area contributed by atoms with Gasteiger partial charge in [0.1, 0.15) is 11.4 Å². The number of ether oxygens (including phenoxy) is 2. The molecule has 0 aliphatic carbocycles. The number of halogens is 2. The maximum atomic E-state index is 15.4. The number of hydrogen-bond donors (Lipinski definition) is 2. The number of rotatable bonds is 5. The molecule has 1 unspecified atom stereocenters. The highest BCUT2D eigenvalue weighted by atomic mass is 35.5. The van der Waals surface area contributed by atoms with E-state index in [-0.39, 0.29) is 17.5 Å². The average molecular weight is 504 g/mol. The zero-order chi connectivity index (χ0) is 25.4. The molecule has 4 rings (SSSR count). The quantitative estimate of drug-likeness (QED) is 0.536. The van der Waals surface area contributed by atoms with Crippen molar-refractivity contribution in [3.05, 3.63) is 52.8 Å². The fraction of sp³-hybridized carbons (Fsp3) is 0.462. The van der Waals surface area contributed by atoms with Gasteiger partial charge in [0.25, 0.3) is 0 Å². The molecule has 0 aromatic heterocycles. The second-order valence-electron chi connectivity index (χ2n) is 9.87. The van der Waals surface area contributed by atoms with Crippen LogP contribution in [0.5, 0.6) is 0 Å². The molecule has 2 aliphatic heterocycles. The van der Waals surface area contributed by atoms with Crippen LogP contribution < -0.4 is 15.5 Å². The highest BCUT2D eigenvalue weighted by Gasteiger charge is 2.50. The monoisotopic (exact) mass is 503 g/mol. The SMILES string of the molecule is CCOC(=O)C1CCN(c2ccc(F)c(C3(C(=O)OC(C)(C)C)Nc4ccc(Cl)cc4N3)c2)CC1. The molecule has 0 radical (unpaired) electrons.